The Bertz CT molecular complexity index is 117. The second kappa shape index (κ2) is 8.46. The van der Waals surface area contributed by atoms with Crippen molar-refractivity contribution in [1.29, 1.82) is 0 Å². The first-order chi connectivity index (χ1) is 5.81. The third-order valence-electron chi connectivity index (χ3n) is 1.20. The Morgan fingerprint density at radius 3 is 2.75 bits per heavy atom. The Balaban J connectivity index is 3.03. The van der Waals surface area contributed by atoms with Crippen LogP contribution in [0.25, 0.3) is 0 Å². The van der Waals surface area contributed by atoms with E-state index >= 15 is 0 Å². The molecule has 0 atom stereocenters. The molecule has 0 aromatic carbocycles. The summed E-state index contributed by atoms with van der Waals surface area (Å²) in [5.74, 6) is -0.363. The van der Waals surface area contributed by atoms with E-state index in [0.29, 0.717) is 26.1 Å². The van der Waals surface area contributed by atoms with E-state index in [-0.39, 0.29) is 19.3 Å². The molecule has 0 saturated heterocycles. The number of alkyl halides is 1. The molecule has 0 aromatic heterocycles. The summed E-state index contributed by atoms with van der Waals surface area (Å²) in [4.78, 5) is 10.7. The van der Waals surface area contributed by atoms with Crippen LogP contribution in [0.15, 0.2) is 0 Å². The first kappa shape index (κ1) is 11.4. The van der Waals surface area contributed by atoms with Gasteiger partial charge in [0.25, 0.3) is 0 Å². The summed E-state index contributed by atoms with van der Waals surface area (Å²) in [5, 5.41) is 0. The highest BCUT2D eigenvalue weighted by molar-refractivity contribution is 5.70. The number of esters is 1. The van der Waals surface area contributed by atoms with Gasteiger partial charge in [0, 0.05) is 6.61 Å². The maximum absolute atomic E-state index is 11.6. The Morgan fingerprint density at radius 2 is 2.17 bits per heavy atom. The Kier molecular flexibility index (Phi) is 8.01. The predicted octanol–water partition coefficient (Wildman–Crippen LogP) is 1.32. The molecule has 0 aromatic rings. The van der Waals surface area contributed by atoms with E-state index in [2.05, 4.69) is 4.74 Å². The minimum absolute atomic E-state index is 0.0277. The van der Waals surface area contributed by atoms with Gasteiger partial charge in [-0.2, -0.15) is 0 Å². The van der Waals surface area contributed by atoms with Crippen LogP contribution in [0.5, 0.6) is 0 Å². The van der Waals surface area contributed by atoms with Gasteiger partial charge in [-0.05, 0) is 19.8 Å². The lowest BCUT2D eigenvalue weighted by Gasteiger charge is -2.02. The Labute approximate surface area is 71.8 Å². The smallest absolute Gasteiger partial charge is 0.332 e. The summed E-state index contributed by atoms with van der Waals surface area (Å²) in [5.41, 5.74) is 0. The standard InChI is InChI=1S/C8H15FO3/c1-2-12-8(10)7-11-6-4-3-5-9/h2-7H2,1H3. The van der Waals surface area contributed by atoms with Crippen LogP contribution in [0.1, 0.15) is 19.8 Å². The lowest BCUT2D eigenvalue weighted by atomic mass is 10.3. The average molecular weight is 178 g/mol. The molecule has 4 heteroatoms. The van der Waals surface area contributed by atoms with Crippen LogP contribution in [0.2, 0.25) is 0 Å². The van der Waals surface area contributed by atoms with Gasteiger partial charge in [-0.25, -0.2) is 4.79 Å². The molecule has 12 heavy (non-hydrogen) atoms. The van der Waals surface area contributed by atoms with Crippen molar-refractivity contribution in [1.82, 2.24) is 0 Å². The maximum Gasteiger partial charge on any atom is 0.332 e. The summed E-state index contributed by atoms with van der Waals surface area (Å²) in [6, 6.07) is 0. The van der Waals surface area contributed by atoms with E-state index in [1.54, 1.807) is 6.92 Å². The number of carbonyl (C=O) groups is 1. The summed E-state index contributed by atoms with van der Waals surface area (Å²) >= 11 is 0. The van der Waals surface area contributed by atoms with E-state index in [9.17, 15) is 9.18 Å². The van der Waals surface area contributed by atoms with Crippen LogP contribution in [-0.2, 0) is 14.3 Å². The second-order valence-electron chi connectivity index (χ2n) is 2.25. The minimum atomic E-state index is -0.363. The van der Waals surface area contributed by atoms with E-state index in [0.717, 1.165) is 0 Å². The molecule has 0 spiro atoms. The van der Waals surface area contributed by atoms with Gasteiger partial charge < -0.3 is 9.47 Å². The minimum Gasteiger partial charge on any atom is -0.464 e. The van der Waals surface area contributed by atoms with Gasteiger partial charge in [-0.3, -0.25) is 4.39 Å². The molecule has 0 aliphatic heterocycles. The topological polar surface area (TPSA) is 35.5 Å². The van der Waals surface area contributed by atoms with Crippen molar-refractivity contribution in [3.05, 3.63) is 0 Å². The predicted molar refractivity (Wildman–Crippen MR) is 42.7 cm³/mol. The fraction of sp³-hybridized carbons (Fsp3) is 0.875. The zero-order valence-corrected chi connectivity index (χ0v) is 7.35. The van der Waals surface area contributed by atoms with Crippen molar-refractivity contribution in [3.8, 4) is 0 Å². The summed E-state index contributed by atoms with van der Waals surface area (Å²) < 4.78 is 21.1. The Morgan fingerprint density at radius 1 is 1.42 bits per heavy atom. The number of ether oxygens (including phenoxy) is 2. The molecule has 0 fully saturated rings. The van der Waals surface area contributed by atoms with Gasteiger partial charge in [0.15, 0.2) is 0 Å². The van der Waals surface area contributed by atoms with Crippen LogP contribution in [0.3, 0.4) is 0 Å². The number of rotatable bonds is 7. The SMILES string of the molecule is CCOC(=O)COCCCCF. The van der Waals surface area contributed by atoms with Crippen LogP contribution < -0.4 is 0 Å². The highest BCUT2D eigenvalue weighted by atomic mass is 19.1. The number of unbranched alkanes of at least 4 members (excludes halogenated alkanes) is 1. The number of hydrogen-bond donors (Lipinski definition) is 0. The van der Waals surface area contributed by atoms with Crippen LogP contribution in [0.4, 0.5) is 4.39 Å². The second-order valence-corrected chi connectivity index (χ2v) is 2.25. The van der Waals surface area contributed by atoms with Crippen molar-refractivity contribution < 1.29 is 18.7 Å². The molecule has 0 heterocycles. The van der Waals surface area contributed by atoms with E-state index in [4.69, 9.17) is 4.74 Å². The lowest BCUT2D eigenvalue weighted by Crippen LogP contribution is -2.12. The monoisotopic (exact) mass is 178 g/mol. The molecule has 0 rings (SSSR count). The van der Waals surface area contributed by atoms with Crippen molar-refractivity contribution >= 4 is 5.97 Å². The molecular formula is C8H15FO3. The largest absolute Gasteiger partial charge is 0.464 e. The average Bonchev–Trinajstić information content (AvgIpc) is 2.05. The molecule has 72 valence electrons. The summed E-state index contributed by atoms with van der Waals surface area (Å²) in [7, 11) is 0. The highest BCUT2D eigenvalue weighted by Crippen LogP contribution is 1.90. The molecule has 0 unspecified atom stereocenters. The molecule has 0 radical (unpaired) electrons. The van der Waals surface area contributed by atoms with Gasteiger partial charge in [0.05, 0.1) is 13.3 Å². The zero-order chi connectivity index (χ0) is 9.23. The molecule has 0 N–H and O–H groups in total. The van der Waals surface area contributed by atoms with Crippen molar-refractivity contribution in [2.24, 2.45) is 0 Å². The number of hydrogen-bond acceptors (Lipinski definition) is 3. The molecule has 0 aliphatic rings. The van der Waals surface area contributed by atoms with Crippen molar-refractivity contribution in [3.63, 3.8) is 0 Å². The molecule has 0 bridgehead atoms. The third kappa shape index (κ3) is 7.47. The van der Waals surface area contributed by atoms with Gasteiger partial charge in [-0.15, -0.1) is 0 Å². The van der Waals surface area contributed by atoms with Gasteiger partial charge >= 0.3 is 5.97 Å². The van der Waals surface area contributed by atoms with Crippen LogP contribution >= 0.6 is 0 Å². The van der Waals surface area contributed by atoms with Gasteiger partial charge in [-0.1, -0.05) is 0 Å². The van der Waals surface area contributed by atoms with E-state index in [1.807, 2.05) is 0 Å². The van der Waals surface area contributed by atoms with Crippen LogP contribution in [-0.4, -0.2) is 32.5 Å². The van der Waals surface area contributed by atoms with Crippen molar-refractivity contribution in [2.75, 3.05) is 26.5 Å². The maximum atomic E-state index is 11.6. The summed E-state index contributed by atoms with van der Waals surface area (Å²) in [6.07, 6.45) is 1.14. The molecule has 3 nitrogen and oxygen atoms in total. The fourth-order valence-electron chi connectivity index (χ4n) is 0.657. The molecule has 0 saturated carbocycles. The van der Waals surface area contributed by atoms with Gasteiger partial charge in [0.2, 0.25) is 0 Å². The molecule has 0 amide bonds. The third-order valence-corrected chi connectivity index (χ3v) is 1.20. The quantitative estimate of drug-likeness (QED) is 0.435. The van der Waals surface area contributed by atoms with E-state index < -0.39 is 0 Å². The Hall–Kier alpha value is -0.640. The van der Waals surface area contributed by atoms with Crippen LogP contribution in [0, 0.1) is 0 Å². The fourth-order valence-corrected chi connectivity index (χ4v) is 0.657. The first-order valence-electron chi connectivity index (χ1n) is 4.10. The first-order valence-corrected chi connectivity index (χ1v) is 4.10. The summed E-state index contributed by atoms with van der Waals surface area (Å²) in [6.45, 7) is 2.17. The lowest BCUT2D eigenvalue weighted by molar-refractivity contribution is -0.148. The highest BCUT2D eigenvalue weighted by Gasteiger charge is 1.99. The van der Waals surface area contributed by atoms with Gasteiger partial charge in [0.1, 0.15) is 6.61 Å². The van der Waals surface area contributed by atoms with E-state index in [1.165, 1.54) is 0 Å². The molecule has 0 aliphatic carbocycles. The van der Waals surface area contributed by atoms with Crippen molar-refractivity contribution in [2.45, 2.75) is 19.8 Å². The number of carbonyl (C=O) groups excluding carboxylic acids is 1. The normalized spacial score (nSPS) is 9.83. The zero-order valence-electron chi connectivity index (χ0n) is 7.35. The number of halogens is 1. The molecular weight excluding hydrogens is 163 g/mol.